The number of hydrogen-bond acceptors (Lipinski definition) is 4. The lowest BCUT2D eigenvalue weighted by atomic mass is 10.1. The molecule has 0 N–H and O–H groups in total. The van der Waals surface area contributed by atoms with Crippen molar-refractivity contribution in [3.8, 4) is 12.1 Å². The van der Waals surface area contributed by atoms with Gasteiger partial charge in [0.05, 0.1) is 28.6 Å². The van der Waals surface area contributed by atoms with Crippen molar-refractivity contribution in [1.82, 2.24) is 0 Å². The third-order valence-corrected chi connectivity index (χ3v) is 3.92. The normalized spacial score (nSPS) is 16.3. The fraction of sp³-hybridized carbons (Fsp3) is 0.176. The van der Waals surface area contributed by atoms with Gasteiger partial charge in [0, 0.05) is 12.7 Å². The fourth-order valence-corrected chi connectivity index (χ4v) is 2.83. The van der Waals surface area contributed by atoms with E-state index < -0.39 is 0 Å². The van der Waals surface area contributed by atoms with Gasteiger partial charge in [0.15, 0.2) is 0 Å². The van der Waals surface area contributed by atoms with Crippen molar-refractivity contribution < 1.29 is 0 Å². The number of anilines is 3. The SMILES string of the molecule is C[C@H]1N(C)c2c(C#N)cc(C#N)cc2N1c1ccccc1. The molecule has 0 unspecified atom stereocenters. The molecule has 4 nitrogen and oxygen atoms in total. The van der Waals surface area contributed by atoms with Gasteiger partial charge in [-0.2, -0.15) is 10.5 Å². The number of rotatable bonds is 1. The zero-order valence-electron chi connectivity index (χ0n) is 11.9. The Morgan fingerprint density at radius 2 is 1.76 bits per heavy atom. The summed E-state index contributed by atoms with van der Waals surface area (Å²) in [5.74, 6) is 0. The summed E-state index contributed by atoms with van der Waals surface area (Å²) in [6, 6.07) is 17.9. The van der Waals surface area contributed by atoms with Crippen LogP contribution in [0.3, 0.4) is 0 Å². The Hall–Kier alpha value is -2.98. The minimum absolute atomic E-state index is 0.0865. The maximum atomic E-state index is 9.38. The average molecular weight is 274 g/mol. The van der Waals surface area contributed by atoms with Gasteiger partial charge in [0.25, 0.3) is 0 Å². The van der Waals surface area contributed by atoms with Gasteiger partial charge in [0.2, 0.25) is 0 Å². The highest BCUT2D eigenvalue weighted by Gasteiger charge is 2.34. The molecule has 2 aromatic carbocycles. The van der Waals surface area contributed by atoms with E-state index >= 15 is 0 Å². The Morgan fingerprint density at radius 1 is 1.05 bits per heavy atom. The number of nitrogens with zero attached hydrogens (tertiary/aromatic N) is 4. The lowest BCUT2D eigenvalue weighted by Crippen LogP contribution is -2.35. The minimum atomic E-state index is 0.0865. The molecule has 0 bridgehead atoms. The third kappa shape index (κ3) is 1.89. The van der Waals surface area contributed by atoms with Crippen LogP contribution in [0.5, 0.6) is 0 Å². The molecular weight excluding hydrogens is 260 g/mol. The van der Waals surface area contributed by atoms with Gasteiger partial charge in [-0.15, -0.1) is 0 Å². The summed E-state index contributed by atoms with van der Waals surface area (Å²) in [6.45, 7) is 2.08. The van der Waals surface area contributed by atoms with Crippen LogP contribution in [0, 0.1) is 22.7 Å². The second kappa shape index (κ2) is 4.85. The quantitative estimate of drug-likeness (QED) is 0.800. The zero-order chi connectivity index (χ0) is 15.0. The van der Waals surface area contributed by atoms with Crippen molar-refractivity contribution in [3.05, 3.63) is 53.6 Å². The zero-order valence-corrected chi connectivity index (χ0v) is 11.9. The lowest BCUT2D eigenvalue weighted by Gasteiger charge is -2.27. The molecule has 1 aliphatic heterocycles. The van der Waals surface area contributed by atoms with Gasteiger partial charge in [-0.25, -0.2) is 0 Å². The Morgan fingerprint density at radius 3 is 2.38 bits per heavy atom. The summed E-state index contributed by atoms with van der Waals surface area (Å²) in [6.07, 6.45) is 0.0865. The maximum Gasteiger partial charge on any atom is 0.103 e. The van der Waals surface area contributed by atoms with Gasteiger partial charge in [-0.05, 0) is 31.2 Å². The van der Waals surface area contributed by atoms with Crippen molar-refractivity contribution in [2.24, 2.45) is 0 Å². The van der Waals surface area contributed by atoms with Crippen LogP contribution in [0.2, 0.25) is 0 Å². The number of benzene rings is 2. The van der Waals surface area contributed by atoms with Crippen LogP contribution < -0.4 is 9.80 Å². The molecule has 21 heavy (non-hydrogen) atoms. The van der Waals surface area contributed by atoms with E-state index in [-0.39, 0.29) is 6.17 Å². The Balaban J connectivity index is 2.26. The first-order valence-corrected chi connectivity index (χ1v) is 6.72. The molecule has 0 spiro atoms. The molecule has 3 rings (SSSR count). The highest BCUT2D eigenvalue weighted by atomic mass is 15.4. The van der Waals surface area contributed by atoms with Crippen LogP contribution in [0.15, 0.2) is 42.5 Å². The summed E-state index contributed by atoms with van der Waals surface area (Å²) in [5.41, 5.74) is 3.89. The Bertz CT molecular complexity index is 768. The van der Waals surface area contributed by atoms with Crippen LogP contribution in [0.1, 0.15) is 18.1 Å². The molecule has 1 aliphatic rings. The number of fused-ring (bicyclic) bond motifs is 1. The van der Waals surface area contributed by atoms with Gasteiger partial charge in [0.1, 0.15) is 12.2 Å². The maximum absolute atomic E-state index is 9.38. The summed E-state index contributed by atoms with van der Waals surface area (Å²) < 4.78 is 0. The first-order chi connectivity index (χ1) is 10.2. The smallest absolute Gasteiger partial charge is 0.103 e. The van der Waals surface area contributed by atoms with E-state index in [2.05, 4.69) is 28.9 Å². The molecule has 1 heterocycles. The lowest BCUT2D eigenvalue weighted by molar-refractivity contribution is 0.734. The average Bonchev–Trinajstić information content (AvgIpc) is 2.78. The van der Waals surface area contributed by atoms with Crippen molar-refractivity contribution in [3.63, 3.8) is 0 Å². The van der Waals surface area contributed by atoms with E-state index in [1.54, 1.807) is 6.07 Å². The Labute approximate surface area is 124 Å². The van der Waals surface area contributed by atoms with Crippen LogP contribution in [-0.2, 0) is 0 Å². The highest BCUT2D eigenvalue weighted by Crippen LogP contribution is 2.45. The molecule has 0 saturated heterocycles. The first kappa shape index (κ1) is 13.0. The number of para-hydroxylation sites is 1. The van der Waals surface area contributed by atoms with Gasteiger partial charge >= 0.3 is 0 Å². The van der Waals surface area contributed by atoms with E-state index in [1.807, 2.05) is 43.4 Å². The van der Waals surface area contributed by atoms with Crippen LogP contribution in [0.4, 0.5) is 17.1 Å². The van der Waals surface area contributed by atoms with E-state index in [0.717, 1.165) is 17.1 Å². The number of nitriles is 2. The monoisotopic (exact) mass is 274 g/mol. The molecule has 4 heteroatoms. The predicted molar refractivity (Wildman–Crippen MR) is 82.3 cm³/mol. The van der Waals surface area contributed by atoms with Gasteiger partial charge in [-0.3, -0.25) is 0 Å². The second-order valence-corrected chi connectivity index (χ2v) is 5.06. The molecule has 0 radical (unpaired) electrons. The summed E-state index contributed by atoms with van der Waals surface area (Å²) in [5, 5.41) is 18.6. The number of hydrogen-bond donors (Lipinski definition) is 0. The molecule has 0 saturated carbocycles. The van der Waals surface area contributed by atoms with Crippen molar-refractivity contribution in [2.75, 3.05) is 16.8 Å². The second-order valence-electron chi connectivity index (χ2n) is 5.06. The molecule has 0 aromatic heterocycles. The fourth-order valence-electron chi connectivity index (χ4n) is 2.83. The van der Waals surface area contributed by atoms with E-state index in [1.165, 1.54) is 0 Å². The van der Waals surface area contributed by atoms with Crippen LogP contribution in [-0.4, -0.2) is 13.2 Å². The standard InChI is InChI=1S/C17H14N4/c1-12-20(2)17-14(11-19)8-13(10-18)9-16(17)21(12)15-6-4-3-5-7-15/h3-9,12H,1-2H3/t12-/m0/s1. The first-order valence-electron chi connectivity index (χ1n) is 6.72. The van der Waals surface area contributed by atoms with Gasteiger partial charge < -0.3 is 9.80 Å². The van der Waals surface area contributed by atoms with Crippen LogP contribution >= 0.6 is 0 Å². The molecule has 0 fully saturated rings. The Kier molecular flexibility index (Phi) is 3.01. The summed E-state index contributed by atoms with van der Waals surface area (Å²) >= 11 is 0. The molecule has 2 aromatic rings. The van der Waals surface area contributed by atoms with Gasteiger partial charge in [-0.1, -0.05) is 18.2 Å². The van der Waals surface area contributed by atoms with Crippen molar-refractivity contribution in [2.45, 2.75) is 13.1 Å². The minimum Gasteiger partial charge on any atom is -0.351 e. The molecule has 0 amide bonds. The highest BCUT2D eigenvalue weighted by molar-refractivity contribution is 5.88. The summed E-state index contributed by atoms with van der Waals surface area (Å²) in [4.78, 5) is 4.22. The van der Waals surface area contributed by atoms with Crippen molar-refractivity contribution >= 4 is 17.1 Å². The summed E-state index contributed by atoms with van der Waals surface area (Å²) in [7, 11) is 1.97. The largest absolute Gasteiger partial charge is 0.351 e. The molecule has 102 valence electrons. The predicted octanol–water partition coefficient (Wildman–Crippen LogP) is 3.36. The molecule has 1 atom stereocenters. The van der Waals surface area contributed by atoms with E-state index in [0.29, 0.717) is 11.1 Å². The van der Waals surface area contributed by atoms with E-state index in [4.69, 9.17) is 0 Å². The van der Waals surface area contributed by atoms with Crippen LogP contribution in [0.25, 0.3) is 0 Å². The van der Waals surface area contributed by atoms with Crippen molar-refractivity contribution in [1.29, 1.82) is 10.5 Å². The molecule has 0 aliphatic carbocycles. The third-order valence-electron chi connectivity index (χ3n) is 3.92. The topological polar surface area (TPSA) is 54.1 Å². The molecular formula is C17H14N4. The van der Waals surface area contributed by atoms with E-state index in [9.17, 15) is 10.5 Å².